The molecule has 2 heteroatoms. The molecule has 1 aromatic carbocycles. The van der Waals surface area contributed by atoms with Crippen molar-refractivity contribution in [2.75, 3.05) is 0 Å². The van der Waals surface area contributed by atoms with Crippen molar-refractivity contribution in [2.45, 2.75) is 39.5 Å². The third-order valence-corrected chi connectivity index (χ3v) is 4.84. The van der Waals surface area contributed by atoms with E-state index in [1.54, 1.807) is 6.07 Å². The monoisotopic (exact) mass is 270 g/mol. The van der Waals surface area contributed by atoms with Crippen LogP contribution in [0.2, 0.25) is 0 Å². The molecule has 2 aliphatic rings. The minimum Gasteiger partial charge on any atom is -0.294 e. The molecule has 1 aromatic rings. The third kappa shape index (κ3) is 1.78. The van der Waals surface area contributed by atoms with Crippen molar-refractivity contribution >= 4 is 5.78 Å². The topological polar surface area (TPSA) is 17.1 Å². The summed E-state index contributed by atoms with van der Waals surface area (Å²) < 4.78 is 13.8. The number of Topliss-reactive ketones (excluding diaryl/α,β-unsaturated/α-hetero) is 1. The van der Waals surface area contributed by atoms with E-state index in [0.29, 0.717) is 12.8 Å². The van der Waals surface area contributed by atoms with E-state index in [2.05, 4.69) is 0 Å². The van der Waals surface area contributed by atoms with Gasteiger partial charge in [0.05, 0.1) is 0 Å². The number of halogens is 1. The summed E-state index contributed by atoms with van der Waals surface area (Å²) in [6, 6.07) is 5.23. The van der Waals surface area contributed by atoms with Gasteiger partial charge in [0.2, 0.25) is 0 Å². The molecule has 2 aliphatic carbocycles. The molecule has 0 bridgehead atoms. The fraction of sp³-hybridized carbons (Fsp3) is 0.389. The fourth-order valence-electron chi connectivity index (χ4n) is 3.76. The van der Waals surface area contributed by atoms with E-state index >= 15 is 0 Å². The molecule has 0 amide bonds. The summed E-state index contributed by atoms with van der Waals surface area (Å²) in [5.41, 5.74) is 3.51. The van der Waals surface area contributed by atoms with Gasteiger partial charge in [-0.1, -0.05) is 24.3 Å². The number of carbonyl (C=O) groups excluding carboxylic acids is 1. The molecule has 1 saturated carbocycles. The van der Waals surface area contributed by atoms with Gasteiger partial charge in [-0.3, -0.25) is 4.79 Å². The highest BCUT2D eigenvalue weighted by Gasteiger charge is 2.48. The molecule has 20 heavy (non-hydrogen) atoms. The standard InChI is InChI=1S/C18H19FO/c1-3-12-10-18(17(20)14(12)4-2)9-8-15-13(11-18)6-5-7-16(15)19/h3-7H,8-11H2,1-2H3. The molecule has 0 aromatic heterocycles. The maximum absolute atomic E-state index is 13.8. The molecule has 1 spiro atoms. The van der Waals surface area contributed by atoms with E-state index < -0.39 is 0 Å². The average Bonchev–Trinajstić information content (AvgIpc) is 2.71. The van der Waals surface area contributed by atoms with Gasteiger partial charge in [0.1, 0.15) is 5.82 Å². The number of allylic oxidation sites excluding steroid dienone is 4. The Kier molecular flexibility index (Phi) is 3.12. The van der Waals surface area contributed by atoms with E-state index in [9.17, 15) is 9.18 Å². The van der Waals surface area contributed by atoms with Gasteiger partial charge in [0.15, 0.2) is 5.78 Å². The molecular weight excluding hydrogens is 251 g/mol. The van der Waals surface area contributed by atoms with Crippen LogP contribution in [0.4, 0.5) is 4.39 Å². The normalized spacial score (nSPS) is 29.4. The second-order valence-electron chi connectivity index (χ2n) is 5.86. The lowest BCUT2D eigenvalue weighted by Crippen LogP contribution is -2.33. The van der Waals surface area contributed by atoms with Crippen molar-refractivity contribution in [1.29, 1.82) is 0 Å². The quantitative estimate of drug-likeness (QED) is 0.647. The summed E-state index contributed by atoms with van der Waals surface area (Å²) in [5.74, 6) is 0.128. The molecule has 1 unspecified atom stereocenters. The summed E-state index contributed by atoms with van der Waals surface area (Å²) in [5, 5.41) is 0. The molecule has 3 rings (SSSR count). The van der Waals surface area contributed by atoms with Gasteiger partial charge in [0.25, 0.3) is 0 Å². The molecular formula is C18H19FO. The maximum atomic E-state index is 13.8. The maximum Gasteiger partial charge on any atom is 0.169 e. The summed E-state index contributed by atoms with van der Waals surface area (Å²) in [7, 11) is 0. The van der Waals surface area contributed by atoms with E-state index in [0.717, 1.165) is 35.1 Å². The Morgan fingerprint density at radius 3 is 2.65 bits per heavy atom. The predicted molar refractivity (Wildman–Crippen MR) is 78.0 cm³/mol. The molecule has 104 valence electrons. The zero-order valence-corrected chi connectivity index (χ0v) is 12.0. The lowest BCUT2D eigenvalue weighted by molar-refractivity contribution is -0.123. The van der Waals surface area contributed by atoms with Crippen LogP contribution in [0.3, 0.4) is 0 Å². The SMILES string of the molecule is CC=C1CC2(CCc3c(F)cccc3C2)C(=O)C1=CC. The zero-order chi connectivity index (χ0) is 14.3. The first-order valence-electron chi connectivity index (χ1n) is 7.24. The van der Waals surface area contributed by atoms with Gasteiger partial charge >= 0.3 is 0 Å². The van der Waals surface area contributed by atoms with E-state index in [4.69, 9.17) is 0 Å². The first-order valence-corrected chi connectivity index (χ1v) is 7.24. The van der Waals surface area contributed by atoms with Crippen LogP contribution in [-0.2, 0) is 17.6 Å². The molecule has 1 atom stereocenters. The smallest absolute Gasteiger partial charge is 0.169 e. The molecule has 0 saturated heterocycles. The molecule has 0 heterocycles. The van der Waals surface area contributed by atoms with Crippen LogP contribution in [0, 0.1) is 11.2 Å². The molecule has 0 radical (unpaired) electrons. The second-order valence-corrected chi connectivity index (χ2v) is 5.86. The molecule has 1 fully saturated rings. The van der Waals surface area contributed by atoms with Crippen LogP contribution in [0.1, 0.15) is 37.8 Å². The van der Waals surface area contributed by atoms with Gasteiger partial charge in [-0.15, -0.1) is 0 Å². The van der Waals surface area contributed by atoms with Gasteiger partial charge in [-0.25, -0.2) is 4.39 Å². The number of ketones is 1. The van der Waals surface area contributed by atoms with Crippen LogP contribution in [0.5, 0.6) is 0 Å². The Labute approximate surface area is 119 Å². The zero-order valence-electron chi connectivity index (χ0n) is 12.0. The van der Waals surface area contributed by atoms with Crippen molar-refractivity contribution in [2.24, 2.45) is 5.41 Å². The van der Waals surface area contributed by atoms with Crippen molar-refractivity contribution in [3.63, 3.8) is 0 Å². The average molecular weight is 270 g/mol. The highest BCUT2D eigenvalue weighted by atomic mass is 19.1. The van der Waals surface area contributed by atoms with Crippen LogP contribution in [0.25, 0.3) is 0 Å². The Morgan fingerprint density at radius 1 is 1.20 bits per heavy atom. The molecule has 0 aliphatic heterocycles. The number of hydrogen-bond donors (Lipinski definition) is 0. The Balaban J connectivity index is 2.03. The molecule has 0 N–H and O–H groups in total. The Bertz CT molecular complexity index is 639. The van der Waals surface area contributed by atoms with E-state index in [1.165, 1.54) is 6.07 Å². The van der Waals surface area contributed by atoms with Crippen LogP contribution in [0.15, 0.2) is 41.5 Å². The van der Waals surface area contributed by atoms with Crippen LogP contribution < -0.4 is 0 Å². The lowest BCUT2D eigenvalue weighted by atomic mass is 9.69. The van der Waals surface area contributed by atoms with Gasteiger partial charge in [0, 0.05) is 11.0 Å². The highest BCUT2D eigenvalue weighted by Crippen LogP contribution is 2.50. The number of rotatable bonds is 0. The van der Waals surface area contributed by atoms with Crippen LogP contribution >= 0.6 is 0 Å². The Morgan fingerprint density at radius 2 is 2.00 bits per heavy atom. The summed E-state index contributed by atoms with van der Waals surface area (Å²) in [6.45, 7) is 3.91. The minimum atomic E-state index is -0.329. The third-order valence-electron chi connectivity index (χ3n) is 4.84. The van der Waals surface area contributed by atoms with Crippen molar-refractivity contribution in [3.05, 3.63) is 58.4 Å². The minimum absolute atomic E-state index is 0.125. The van der Waals surface area contributed by atoms with Gasteiger partial charge in [-0.2, -0.15) is 0 Å². The number of hydrogen-bond acceptors (Lipinski definition) is 1. The van der Waals surface area contributed by atoms with Crippen molar-refractivity contribution in [3.8, 4) is 0 Å². The van der Waals surface area contributed by atoms with E-state index in [1.807, 2.05) is 32.1 Å². The highest BCUT2D eigenvalue weighted by molar-refractivity contribution is 6.07. The summed E-state index contributed by atoms with van der Waals surface area (Å²) >= 11 is 0. The summed E-state index contributed by atoms with van der Waals surface area (Å²) in [4.78, 5) is 12.8. The second kappa shape index (κ2) is 4.69. The fourth-order valence-corrected chi connectivity index (χ4v) is 3.76. The Hall–Kier alpha value is -1.70. The molecule has 1 nitrogen and oxygen atoms in total. The largest absolute Gasteiger partial charge is 0.294 e. The van der Waals surface area contributed by atoms with Crippen molar-refractivity contribution < 1.29 is 9.18 Å². The van der Waals surface area contributed by atoms with Crippen molar-refractivity contribution in [1.82, 2.24) is 0 Å². The number of fused-ring (bicyclic) bond motifs is 1. The summed E-state index contributed by atoms with van der Waals surface area (Å²) in [6.07, 6.45) is 6.87. The van der Waals surface area contributed by atoms with Gasteiger partial charge < -0.3 is 0 Å². The van der Waals surface area contributed by atoms with E-state index in [-0.39, 0.29) is 17.0 Å². The van der Waals surface area contributed by atoms with Gasteiger partial charge in [-0.05, 0) is 62.3 Å². The first kappa shape index (κ1) is 13.3. The lowest BCUT2D eigenvalue weighted by Gasteiger charge is -2.33. The number of carbonyl (C=O) groups is 1. The van der Waals surface area contributed by atoms with Crippen LogP contribution in [-0.4, -0.2) is 5.78 Å². The first-order chi connectivity index (χ1) is 9.61. The predicted octanol–water partition coefficient (Wildman–Crippen LogP) is 4.17. The number of benzene rings is 1.